The number of amides is 1. The van der Waals surface area contributed by atoms with E-state index in [1.165, 1.54) is 12.1 Å². The van der Waals surface area contributed by atoms with Gasteiger partial charge in [-0.3, -0.25) is 9.20 Å². The van der Waals surface area contributed by atoms with Crippen molar-refractivity contribution in [3.05, 3.63) is 64.3 Å². The molecule has 1 amide bonds. The minimum atomic E-state index is -0.469. The van der Waals surface area contributed by atoms with Crippen LogP contribution in [0.4, 0.5) is 10.1 Å². The van der Waals surface area contributed by atoms with E-state index in [0.717, 1.165) is 4.47 Å². The lowest BCUT2D eigenvalue weighted by Crippen LogP contribution is -2.17. The highest BCUT2D eigenvalue weighted by Crippen LogP contribution is 2.20. The fraction of sp³-hybridized carbons (Fsp3) is 0.125. The fourth-order valence-corrected chi connectivity index (χ4v) is 2.64. The Bertz CT molecular complexity index is 860. The molecule has 3 aromatic rings. The van der Waals surface area contributed by atoms with Crippen molar-refractivity contribution < 1.29 is 9.18 Å². The molecule has 0 atom stereocenters. The Morgan fingerprint density at radius 3 is 2.82 bits per heavy atom. The van der Waals surface area contributed by atoms with Crippen LogP contribution in [0.5, 0.6) is 0 Å². The van der Waals surface area contributed by atoms with Gasteiger partial charge in [0.25, 0.3) is 5.91 Å². The molecule has 0 spiro atoms. The average Bonchev–Trinajstić information content (AvgIpc) is 2.87. The Morgan fingerprint density at radius 1 is 1.32 bits per heavy atom. The van der Waals surface area contributed by atoms with Gasteiger partial charge >= 0.3 is 0 Å². The maximum Gasteiger partial charge on any atom is 0.274 e. The lowest BCUT2D eigenvalue weighted by molar-refractivity contribution is 0.102. The van der Waals surface area contributed by atoms with E-state index in [0.29, 0.717) is 23.5 Å². The molecule has 1 aromatic carbocycles. The molecule has 6 heteroatoms. The van der Waals surface area contributed by atoms with Gasteiger partial charge in [0.2, 0.25) is 0 Å². The molecule has 0 aliphatic rings. The van der Waals surface area contributed by atoms with E-state index >= 15 is 0 Å². The third-order valence-corrected chi connectivity index (χ3v) is 3.80. The van der Waals surface area contributed by atoms with Gasteiger partial charge in [-0.2, -0.15) is 0 Å². The number of aryl methyl sites for hydroxylation is 1. The molecule has 0 saturated heterocycles. The van der Waals surface area contributed by atoms with Gasteiger partial charge < -0.3 is 5.32 Å². The number of pyridine rings is 1. The molecule has 112 valence electrons. The third kappa shape index (κ3) is 2.62. The molecule has 0 saturated carbocycles. The van der Waals surface area contributed by atoms with E-state index in [1.54, 1.807) is 22.7 Å². The zero-order valence-electron chi connectivity index (χ0n) is 11.8. The summed E-state index contributed by atoms with van der Waals surface area (Å²) < 4.78 is 16.2. The first kappa shape index (κ1) is 14.7. The van der Waals surface area contributed by atoms with Crippen molar-refractivity contribution in [1.29, 1.82) is 0 Å². The summed E-state index contributed by atoms with van der Waals surface area (Å²) in [6.07, 6.45) is 2.39. The predicted octanol–water partition coefficient (Wildman–Crippen LogP) is 4.05. The van der Waals surface area contributed by atoms with Crippen molar-refractivity contribution in [2.45, 2.75) is 13.3 Å². The molecular weight excluding hydrogens is 349 g/mol. The summed E-state index contributed by atoms with van der Waals surface area (Å²) in [5, 5.41) is 2.61. The van der Waals surface area contributed by atoms with Crippen molar-refractivity contribution in [2.75, 3.05) is 5.32 Å². The van der Waals surface area contributed by atoms with Gasteiger partial charge in [0, 0.05) is 10.7 Å². The maximum absolute atomic E-state index is 13.7. The van der Waals surface area contributed by atoms with Crippen molar-refractivity contribution in [1.82, 2.24) is 9.38 Å². The minimum absolute atomic E-state index is 0.152. The highest BCUT2D eigenvalue weighted by molar-refractivity contribution is 9.10. The molecule has 0 aliphatic heterocycles. The number of carbonyl (C=O) groups excluding carboxylic acids is 1. The molecule has 0 radical (unpaired) electrons. The maximum atomic E-state index is 13.7. The number of benzene rings is 1. The van der Waals surface area contributed by atoms with E-state index in [4.69, 9.17) is 0 Å². The zero-order valence-corrected chi connectivity index (χ0v) is 13.4. The normalized spacial score (nSPS) is 10.9. The smallest absolute Gasteiger partial charge is 0.274 e. The number of carbonyl (C=O) groups is 1. The Kier molecular flexibility index (Phi) is 3.94. The lowest BCUT2D eigenvalue weighted by Gasteiger charge is -2.07. The highest BCUT2D eigenvalue weighted by atomic mass is 79.9. The van der Waals surface area contributed by atoms with E-state index in [9.17, 15) is 9.18 Å². The Hall–Kier alpha value is -2.21. The number of imidazole rings is 1. The van der Waals surface area contributed by atoms with Crippen molar-refractivity contribution in [2.24, 2.45) is 0 Å². The van der Waals surface area contributed by atoms with Gasteiger partial charge in [0.1, 0.15) is 17.2 Å². The van der Waals surface area contributed by atoms with Crippen LogP contribution in [-0.4, -0.2) is 15.3 Å². The second-order valence-corrected chi connectivity index (χ2v) is 5.69. The first-order chi connectivity index (χ1) is 10.6. The van der Waals surface area contributed by atoms with Crippen LogP contribution >= 0.6 is 15.9 Å². The number of anilines is 1. The molecule has 0 aliphatic carbocycles. The third-order valence-electron chi connectivity index (χ3n) is 3.33. The topological polar surface area (TPSA) is 46.4 Å². The number of hydrogen-bond acceptors (Lipinski definition) is 2. The zero-order chi connectivity index (χ0) is 15.7. The SMILES string of the molecule is CCc1nc2ccc(Br)cn2c1C(=O)Nc1ccccc1F. The number of fused-ring (bicyclic) bond motifs is 1. The van der Waals surface area contributed by atoms with Crippen LogP contribution in [-0.2, 0) is 6.42 Å². The summed E-state index contributed by atoms with van der Waals surface area (Å²) in [5.74, 6) is -0.851. The number of nitrogens with zero attached hydrogens (tertiary/aromatic N) is 2. The molecular formula is C16H13BrFN3O. The van der Waals surface area contributed by atoms with E-state index in [1.807, 2.05) is 19.1 Å². The Morgan fingerprint density at radius 2 is 2.09 bits per heavy atom. The highest BCUT2D eigenvalue weighted by Gasteiger charge is 2.19. The number of nitrogens with one attached hydrogen (secondary N) is 1. The second kappa shape index (κ2) is 5.88. The van der Waals surface area contributed by atoms with Crippen LogP contribution in [0.3, 0.4) is 0 Å². The first-order valence-electron chi connectivity index (χ1n) is 6.82. The molecule has 22 heavy (non-hydrogen) atoms. The summed E-state index contributed by atoms with van der Waals surface area (Å²) in [7, 11) is 0. The Balaban J connectivity index is 2.06. The van der Waals surface area contributed by atoms with Gasteiger partial charge in [0.15, 0.2) is 0 Å². The van der Waals surface area contributed by atoms with Crippen LogP contribution < -0.4 is 5.32 Å². The standard InChI is InChI=1S/C16H13BrFN3O/c1-2-12-15(21-9-10(17)7-8-14(21)19-12)16(22)20-13-6-4-3-5-11(13)18/h3-9H,2H2,1H3,(H,20,22). The van der Waals surface area contributed by atoms with Crippen molar-refractivity contribution >= 4 is 33.2 Å². The summed E-state index contributed by atoms with van der Waals surface area (Å²) in [5.41, 5.74) is 1.92. The predicted molar refractivity (Wildman–Crippen MR) is 86.6 cm³/mol. The molecule has 2 aromatic heterocycles. The van der Waals surface area contributed by atoms with Crippen LogP contribution in [0, 0.1) is 5.82 Å². The molecule has 1 N–H and O–H groups in total. The van der Waals surface area contributed by atoms with Crippen molar-refractivity contribution in [3.63, 3.8) is 0 Å². The molecule has 2 heterocycles. The minimum Gasteiger partial charge on any atom is -0.318 e. The Labute approximate surface area is 135 Å². The summed E-state index contributed by atoms with van der Waals surface area (Å²) in [6.45, 7) is 1.93. The molecule has 4 nitrogen and oxygen atoms in total. The average molecular weight is 362 g/mol. The quantitative estimate of drug-likeness (QED) is 0.764. The lowest BCUT2D eigenvalue weighted by atomic mass is 10.2. The van der Waals surface area contributed by atoms with Gasteiger partial charge in [0.05, 0.1) is 11.4 Å². The molecule has 3 rings (SSSR count). The second-order valence-electron chi connectivity index (χ2n) is 4.77. The van der Waals surface area contributed by atoms with Gasteiger partial charge in [-0.05, 0) is 46.6 Å². The summed E-state index contributed by atoms with van der Waals surface area (Å²) in [4.78, 5) is 17.0. The van der Waals surface area contributed by atoms with Gasteiger partial charge in [-0.1, -0.05) is 19.1 Å². The van der Waals surface area contributed by atoms with Crippen molar-refractivity contribution in [3.8, 4) is 0 Å². The fourth-order valence-electron chi connectivity index (χ4n) is 2.30. The van der Waals surface area contributed by atoms with Crippen LogP contribution in [0.25, 0.3) is 5.65 Å². The van der Waals surface area contributed by atoms with Gasteiger partial charge in [-0.25, -0.2) is 9.37 Å². The number of aromatic nitrogens is 2. The molecule has 0 bridgehead atoms. The number of para-hydroxylation sites is 1. The van der Waals surface area contributed by atoms with Crippen LogP contribution in [0.1, 0.15) is 23.1 Å². The van der Waals surface area contributed by atoms with Gasteiger partial charge in [-0.15, -0.1) is 0 Å². The van der Waals surface area contributed by atoms with Crippen LogP contribution in [0.2, 0.25) is 0 Å². The number of halogens is 2. The molecule has 0 unspecified atom stereocenters. The van der Waals surface area contributed by atoms with E-state index < -0.39 is 5.82 Å². The number of hydrogen-bond donors (Lipinski definition) is 1. The number of rotatable bonds is 3. The summed E-state index contributed by atoms with van der Waals surface area (Å²) in [6, 6.07) is 9.77. The summed E-state index contributed by atoms with van der Waals surface area (Å²) >= 11 is 3.39. The van der Waals surface area contributed by atoms with Crippen LogP contribution in [0.15, 0.2) is 47.1 Å². The van der Waals surface area contributed by atoms with E-state index in [2.05, 4.69) is 26.2 Å². The first-order valence-corrected chi connectivity index (χ1v) is 7.62. The monoisotopic (exact) mass is 361 g/mol. The molecule has 0 fully saturated rings. The van der Waals surface area contributed by atoms with E-state index in [-0.39, 0.29) is 11.6 Å². The largest absolute Gasteiger partial charge is 0.318 e.